The first kappa shape index (κ1) is 19.8. The summed E-state index contributed by atoms with van der Waals surface area (Å²) in [6, 6.07) is 14.7. The average Bonchev–Trinajstić information content (AvgIpc) is 3.22. The predicted molar refractivity (Wildman–Crippen MR) is 111 cm³/mol. The van der Waals surface area contributed by atoms with Crippen LogP contribution < -0.4 is 16.0 Å². The van der Waals surface area contributed by atoms with Gasteiger partial charge in [-0.25, -0.2) is 0 Å². The second-order valence-electron chi connectivity index (χ2n) is 5.97. The summed E-state index contributed by atoms with van der Waals surface area (Å²) < 4.78 is 5.05. The van der Waals surface area contributed by atoms with Gasteiger partial charge < -0.3 is 20.4 Å². The van der Waals surface area contributed by atoms with Crippen LogP contribution in [0, 0.1) is 0 Å². The molecule has 2 amide bonds. The molecule has 0 aliphatic heterocycles. The molecule has 3 aromatic rings. The van der Waals surface area contributed by atoms with E-state index in [-0.39, 0.29) is 17.6 Å². The number of hydrogen-bond donors (Lipinski definition) is 3. The zero-order valence-electron chi connectivity index (χ0n) is 14.8. The van der Waals surface area contributed by atoms with Crippen LogP contribution >= 0.6 is 23.2 Å². The average molecular weight is 418 g/mol. The van der Waals surface area contributed by atoms with Gasteiger partial charge in [0.05, 0.1) is 22.0 Å². The van der Waals surface area contributed by atoms with Gasteiger partial charge in [-0.05, 0) is 55.5 Å². The number of rotatable bonds is 6. The van der Waals surface area contributed by atoms with Crippen LogP contribution in [0.25, 0.3) is 0 Å². The van der Waals surface area contributed by atoms with Crippen molar-refractivity contribution < 1.29 is 14.0 Å². The van der Waals surface area contributed by atoms with E-state index in [0.717, 1.165) is 5.69 Å². The fourth-order valence-electron chi connectivity index (χ4n) is 2.41. The molecular formula is C20H17Cl2N3O3. The summed E-state index contributed by atoms with van der Waals surface area (Å²) in [6.07, 6.45) is 1.44. The summed E-state index contributed by atoms with van der Waals surface area (Å²) in [5.41, 5.74) is 1.77. The highest BCUT2D eigenvalue weighted by Gasteiger charge is 2.15. The van der Waals surface area contributed by atoms with Crippen molar-refractivity contribution in [1.29, 1.82) is 0 Å². The van der Waals surface area contributed by atoms with Crippen LogP contribution in [0.1, 0.15) is 17.5 Å². The second-order valence-corrected chi connectivity index (χ2v) is 6.75. The lowest BCUT2D eigenvalue weighted by atomic mass is 10.2. The first-order valence-electron chi connectivity index (χ1n) is 8.40. The number of nitrogens with one attached hydrogen (secondary N) is 3. The van der Waals surface area contributed by atoms with Crippen LogP contribution in [0.4, 0.5) is 17.1 Å². The van der Waals surface area contributed by atoms with Crippen molar-refractivity contribution in [2.45, 2.75) is 13.0 Å². The first-order valence-corrected chi connectivity index (χ1v) is 9.16. The summed E-state index contributed by atoms with van der Waals surface area (Å²) >= 11 is 12.0. The molecule has 1 heterocycles. The number of amides is 2. The molecule has 0 aliphatic rings. The minimum atomic E-state index is -0.529. The lowest BCUT2D eigenvalue weighted by Gasteiger charge is -2.16. The molecule has 1 atom stereocenters. The number of carbonyl (C=O) groups excluding carboxylic acids is 2. The zero-order chi connectivity index (χ0) is 20.1. The van der Waals surface area contributed by atoms with Crippen LogP contribution in [0.3, 0.4) is 0 Å². The molecule has 3 N–H and O–H groups in total. The highest BCUT2D eigenvalue weighted by Crippen LogP contribution is 2.29. The fraction of sp³-hybridized carbons (Fsp3) is 0.100. The van der Waals surface area contributed by atoms with Gasteiger partial charge in [-0.2, -0.15) is 0 Å². The number of carbonyl (C=O) groups is 2. The molecule has 0 fully saturated rings. The minimum absolute atomic E-state index is 0.229. The van der Waals surface area contributed by atoms with Crippen molar-refractivity contribution in [3.8, 4) is 0 Å². The normalized spacial score (nSPS) is 11.5. The van der Waals surface area contributed by atoms with Crippen molar-refractivity contribution in [1.82, 2.24) is 0 Å². The number of anilines is 3. The van der Waals surface area contributed by atoms with E-state index in [1.54, 1.807) is 61.5 Å². The smallest absolute Gasteiger partial charge is 0.291 e. The Hall–Kier alpha value is -2.96. The third-order valence-electron chi connectivity index (χ3n) is 3.87. The second kappa shape index (κ2) is 8.82. The van der Waals surface area contributed by atoms with Crippen molar-refractivity contribution in [2.24, 2.45) is 0 Å². The van der Waals surface area contributed by atoms with E-state index in [0.29, 0.717) is 21.4 Å². The van der Waals surface area contributed by atoms with Gasteiger partial charge in [-0.15, -0.1) is 0 Å². The molecule has 0 radical (unpaired) electrons. The number of furan rings is 1. The van der Waals surface area contributed by atoms with Gasteiger partial charge >= 0.3 is 0 Å². The molecule has 28 heavy (non-hydrogen) atoms. The molecule has 144 valence electrons. The van der Waals surface area contributed by atoms with Crippen LogP contribution in [0.5, 0.6) is 0 Å². The molecule has 3 rings (SSSR count). The van der Waals surface area contributed by atoms with Gasteiger partial charge in [-0.3, -0.25) is 9.59 Å². The lowest BCUT2D eigenvalue weighted by molar-refractivity contribution is -0.116. The summed E-state index contributed by atoms with van der Waals surface area (Å²) in [4.78, 5) is 24.3. The minimum Gasteiger partial charge on any atom is -0.459 e. The van der Waals surface area contributed by atoms with Gasteiger partial charge in [0.1, 0.15) is 6.04 Å². The molecular weight excluding hydrogens is 401 g/mol. The Labute approximate surface area is 171 Å². The Balaban J connectivity index is 1.58. The SMILES string of the molecule is CC(Nc1ccc(NC(=O)c2ccco2)cc1)C(=O)Nc1cccc(Cl)c1Cl. The van der Waals surface area contributed by atoms with Gasteiger partial charge in [-0.1, -0.05) is 29.3 Å². The van der Waals surface area contributed by atoms with Gasteiger partial charge in [0.2, 0.25) is 5.91 Å². The van der Waals surface area contributed by atoms with E-state index in [2.05, 4.69) is 16.0 Å². The quantitative estimate of drug-likeness (QED) is 0.509. The molecule has 2 aromatic carbocycles. The largest absolute Gasteiger partial charge is 0.459 e. The Bertz CT molecular complexity index is 973. The van der Waals surface area contributed by atoms with Crippen LogP contribution in [0.2, 0.25) is 10.0 Å². The van der Waals surface area contributed by atoms with Gasteiger partial charge in [0.25, 0.3) is 5.91 Å². The third kappa shape index (κ3) is 4.85. The highest BCUT2D eigenvalue weighted by atomic mass is 35.5. The summed E-state index contributed by atoms with van der Waals surface area (Å²) in [7, 11) is 0. The fourth-order valence-corrected chi connectivity index (χ4v) is 2.75. The Morgan fingerprint density at radius 3 is 2.32 bits per heavy atom. The van der Waals surface area contributed by atoms with Crippen molar-refractivity contribution in [3.63, 3.8) is 0 Å². The number of hydrogen-bond acceptors (Lipinski definition) is 4. The third-order valence-corrected chi connectivity index (χ3v) is 4.69. The number of benzene rings is 2. The highest BCUT2D eigenvalue weighted by molar-refractivity contribution is 6.44. The van der Waals surface area contributed by atoms with E-state index in [1.165, 1.54) is 6.26 Å². The van der Waals surface area contributed by atoms with E-state index in [1.807, 2.05) is 0 Å². The predicted octanol–water partition coefficient (Wildman–Crippen LogP) is 5.28. The van der Waals surface area contributed by atoms with Crippen LogP contribution in [0.15, 0.2) is 65.3 Å². The molecule has 0 spiro atoms. The molecule has 0 saturated heterocycles. The van der Waals surface area contributed by atoms with Crippen LogP contribution in [-0.2, 0) is 4.79 Å². The van der Waals surface area contributed by atoms with E-state index in [9.17, 15) is 9.59 Å². The van der Waals surface area contributed by atoms with E-state index in [4.69, 9.17) is 27.6 Å². The molecule has 8 heteroatoms. The van der Waals surface area contributed by atoms with Crippen molar-refractivity contribution in [2.75, 3.05) is 16.0 Å². The molecule has 0 bridgehead atoms. The topological polar surface area (TPSA) is 83.4 Å². The molecule has 1 aromatic heterocycles. The molecule has 0 saturated carbocycles. The van der Waals surface area contributed by atoms with Gasteiger partial charge in [0, 0.05) is 11.4 Å². The summed E-state index contributed by atoms with van der Waals surface area (Å²) in [5.74, 6) is -0.372. The van der Waals surface area contributed by atoms with E-state index >= 15 is 0 Å². The van der Waals surface area contributed by atoms with Crippen molar-refractivity contribution in [3.05, 3.63) is 76.7 Å². The molecule has 1 unspecified atom stereocenters. The zero-order valence-corrected chi connectivity index (χ0v) is 16.3. The Kier molecular flexibility index (Phi) is 6.23. The Morgan fingerprint density at radius 2 is 1.64 bits per heavy atom. The van der Waals surface area contributed by atoms with Gasteiger partial charge in [0.15, 0.2) is 5.76 Å². The standard InChI is InChI=1S/C20H17Cl2N3O3/c1-12(19(26)25-16-5-2-4-15(21)18(16)22)23-13-7-9-14(10-8-13)24-20(27)17-6-3-11-28-17/h2-12,23H,1H3,(H,24,27)(H,25,26). The van der Waals surface area contributed by atoms with E-state index < -0.39 is 6.04 Å². The lowest BCUT2D eigenvalue weighted by Crippen LogP contribution is -2.31. The molecule has 6 nitrogen and oxygen atoms in total. The maximum atomic E-state index is 12.4. The maximum Gasteiger partial charge on any atom is 0.291 e. The summed E-state index contributed by atoms with van der Waals surface area (Å²) in [6.45, 7) is 1.72. The monoisotopic (exact) mass is 417 g/mol. The Morgan fingerprint density at radius 1 is 0.929 bits per heavy atom. The first-order chi connectivity index (χ1) is 13.4. The maximum absolute atomic E-state index is 12.4. The number of halogens is 2. The summed E-state index contributed by atoms with van der Waals surface area (Å²) in [5, 5.41) is 9.21. The van der Waals surface area contributed by atoms with Crippen LogP contribution in [-0.4, -0.2) is 17.9 Å². The molecule has 0 aliphatic carbocycles. The van der Waals surface area contributed by atoms with Crippen molar-refractivity contribution >= 4 is 52.1 Å².